The fourth-order valence-electron chi connectivity index (χ4n) is 0.913. The number of rotatable bonds is 2. The highest BCUT2D eigenvalue weighted by atomic mass is 16.5. The van der Waals surface area contributed by atoms with Gasteiger partial charge < -0.3 is 9.84 Å². The monoisotopic (exact) mass is 166 g/mol. The standard InChI is InChI=1S/C9H10O3/c1-12-8-5-3-2-4-7(6-8)9(10)11/h2-3,5-6H,4H2,1H3,(H,10,11). The van der Waals surface area contributed by atoms with Gasteiger partial charge >= 0.3 is 5.97 Å². The maximum Gasteiger partial charge on any atom is 0.332 e. The molecule has 3 nitrogen and oxygen atoms in total. The third kappa shape index (κ3) is 1.99. The van der Waals surface area contributed by atoms with E-state index < -0.39 is 5.97 Å². The minimum atomic E-state index is -0.899. The lowest BCUT2D eigenvalue weighted by atomic mass is 10.2. The molecule has 0 atom stereocenters. The van der Waals surface area contributed by atoms with Crippen LogP contribution >= 0.6 is 0 Å². The Morgan fingerprint density at radius 2 is 2.42 bits per heavy atom. The minimum absolute atomic E-state index is 0.344. The molecule has 1 aliphatic rings. The second kappa shape index (κ2) is 3.76. The van der Waals surface area contributed by atoms with E-state index >= 15 is 0 Å². The molecule has 0 heterocycles. The summed E-state index contributed by atoms with van der Waals surface area (Å²) in [4.78, 5) is 10.6. The molecule has 64 valence electrons. The van der Waals surface area contributed by atoms with Crippen molar-refractivity contribution in [1.29, 1.82) is 0 Å². The van der Waals surface area contributed by atoms with Crippen molar-refractivity contribution < 1.29 is 14.6 Å². The summed E-state index contributed by atoms with van der Waals surface area (Å²) in [7, 11) is 1.51. The SMILES string of the molecule is COC1=CC=CCC(C(=O)O)=C1. The number of hydrogen-bond acceptors (Lipinski definition) is 2. The van der Waals surface area contributed by atoms with E-state index in [0.29, 0.717) is 17.8 Å². The molecule has 0 fully saturated rings. The molecular weight excluding hydrogens is 156 g/mol. The van der Waals surface area contributed by atoms with Gasteiger partial charge in [-0.05, 0) is 18.6 Å². The number of aliphatic carboxylic acids is 1. The van der Waals surface area contributed by atoms with Crippen LogP contribution in [0.25, 0.3) is 0 Å². The number of allylic oxidation sites excluding steroid dienone is 4. The van der Waals surface area contributed by atoms with Gasteiger partial charge in [-0.15, -0.1) is 0 Å². The van der Waals surface area contributed by atoms with E-state index in [1.807, 2.05) is 0 Å². The molecule has 1 rings (SSSR count). The first-order valence-corrected chi connectivity index (χ1v) is 3.58. The van der Waals surface area contributed by atoms with Gasteiger partial charge in [0.25, 0.3) is 0 Å². The summed E-state index contributed by atoms with van der Waals surface area (Å²) in [6.45, 7) is 0. The normalized spacial score (nSPS) is 16.1. The van der Waals surface area contributed by atoms with Crippen LogP contribution in [0.3, 0.4) is 0 Å². The van der Waals surface area contributed by atoms with Gasteiger partial charge in [-0.3, -0.25) is 0 Å². The zero-order chi connectivity index (χ0) is 8.97. The topological polar surface area (TPSA) is 46.5 Å². The Morgan fingerprint density at radius 1 is 1.67 bits per heavy atom. The van der Waals surface area contributed by atoms with Crippen molar-refractivity contribution in [2.24, 2.45) is 0 Å². The Kier molecular flexibility index (Phi) is 2.69. The first-order chi connectivity index (χ1) is 5.74. The van der Waals surface area contributed by atoms with Gasteiger partial charge in [0, 0.05) is 5.57 Å². The van der Waals surface area contributed by atoms with Crippen molar-refractivity contribution >= 4 is 5.97 Å². The zero-order valence-corrected chi connectivity index (χ0v) is 6.78. The summed E-state index contributed by atoms with van der Waals surface area (Å²) in [6, 6.07) is 0. The van der Waals surface area contributed by atoms with Gasteiger partial charge in [-0.25, -0.2) is 4.79 Å². The Bertz CT molecular complexity index is 271. The van der Waals surface area contributed by atoms with Gasteiger partial charge in [-0.1, -0.05) is 12.2 Å². The van der Waals surface area contributed by atoms with Crippen LogP contribution in [0.15, 0.2) is 35.6 Å². The van der Waals surface area contributed by atoms with Gasteiger partial charge in [0.1, 0.15) is 5.76 Å². The molecule has 1 N–H and O–H groups in total. The number of ether oxygens (including phenoxy) is 1. The third-order valence-corrected chi connectivity index (χ3v) is 1.56. The van der Waals surface area contributed by atoms with Crippen molar-refractivity contribution in [3.63, 3.8) is 0 Å². The first kappa shape index (κ1) is 8.59. The maximum atomic E-state index is 10.6. The molecule has 0 saturated heterocycles. The molecule has 0 aromatic rings. The molecule has 0 amide bonds. The predicted octanol–water partition coefficient (Wildman–Crippen LogP) is 1.49. The Balaban J connectivity index is 2.90. The average molecular weight is 166 g/mol. The van der Waals surface area contributed by atoms with Gasteiger partial charge in [0.15, 0.2) is 0 Å². The van der Waals surface area contributed by atoms with Crippen molar-refractivity contribution in [2.75, 3.05) is 7.11 Å². The lowest BCUT2D eigenvalue weighted by Gasteiger charge is -1.99. The Morgan fingerprint density at radius 3 is 3.00 bits per heavy atom. The second-order valence-corrected chi connectivity index (χ2v) is 2.38. The molecule has 0 aromatic heterocycles. The molecular formula is C9H10O3. The van der Waals surface area contributed by atoms with Crippen LogP contribution < -0.4 is 0 Å². The van der Waals surface area contributed by atoms with Gasteiger partial charge in [-0.2, -0.15) is 0 Å². The maximum absolute atomic E-state index is 10.6. The fraction of sp³-hybridized carbons (Fsp3) is 0.222. The second-order valence-electron chi connectivity index (χ2n) is 2.38. The number of carboxylic acids is 1. The number of hydrogen-bond donors (Lipinski definition) is 1. The first-order valence-electron chi connectivity index (χ1n) is 3.58. The van der Waals surface area contributed by atoms with Crippen LogP contribution in [0.4, 0.5) is 0 Å². The van der Waals surface area contributed by atoms with E-state index in [1.54, 1.807) is 18.2 Å². The molecule has 12 heavy (non-hydrogen) atoms. The molecule has 1 aliphatic carbocycles. The molecule has 0 aliphatic heterocycles. The van der Waals surface area contributed by atoms with Crippen LogP contribution in [0.5, 0.6) is 0 Å². The molecule has 0 radical (unpaired) electrons. The third-order valence-electron chi connectivity index (χ3n) is 1.56. The molecule has 0 spiro atoms. The molecule has 0 bridgehead atoms. The lowest BCUT2D eigenvalue weighted by Crippen LogP contribution is -1.99. The smallest absolute Gasteiger partial charge is 0.332 e. The van der Waals surface area contributed by atoms with Crippen LogP contribution in [0.2, 0.25) is 0 Å². The Hall–Kier alpha value is -1.51. The fourth-order valence-corrected chi connectivity index (χ4v) is 0.913. The number of carboxylic acid groups (broad SMARTS) is 1. The summed E-state index contributed by atoms with van der Waals surface area (Å²) in [5, 5.41) is 8.69. The van der Waals surface area contributed by atoms with Crippen molar-refractivity contribution in [3.05, 3.63) is 35.6 Å². The van der Waals surface area contributed by atoms with Crippen molar-refractivity contribution in [1.82, 2.24) is 0 Å². The number of carbonyl (C=O) groups is 1. The highest BCUT2D eigenvalue weighted by Crippen LogP contribution is 2.12. The summed E-state index contributed by atoms with van der Waals surface area (Å²) < 4.78 is 4.92. The molecule has 0 aromatic carbocycles. The van der Waals surface area contributed by atoms with Crippen LogP contribution in [-0.2, 0) is 9.53 Å². The van der Waals surface area contributed by atoms with E-state index in [4.69, 9.17) is 9.84 Å². The summed E-state index contributed by atoms with van der Waals surface area (Å²) >= 11 is 0. The highest BCUT2D eigenvalue weighted by molar-refractivity contribution is 5.87. The van der Waals surface area contributed by atoms with E-state index in [2.05, 4.69) is 0 Å². The molecule has 0 saturated carbocycles. The van der Waals surface area contributed by atoms with Gasteiger partial charge in [0.05, 0.1) is 7.11 Å². The van der Waals surface area contributed by atoms with E-state index in [9.17, 15) is 4.79 Å². The molecule has 0 unspecified atom stereocenters. The highest BCUT2D eigenvalue weighted by Gasteiger charge is 2.07. The van der Waals surface area contributed by atoms with Crippen molar-refractivity contribution in [2.45, 2.75) is 6.42 Å². The van der Waals surface area contributed by atoms with Crippen molar-refractivity contribution in [3.8, 4) is 0 Å². The number of methoxy groups -OCH3 is 1. The van der Waals surface area contributed by atoms with Crippen LogP contribution in [-0.4, -0.2) is 18.2 Å². The summed E-state index contributed by atoms with van der Waals surface area (Å²) in [5.41, 5.74) is 0.344. The quantitative estimate of drug-likeness (QED) is 0.676. The molecule has 3 heteroatoms. The lowest BCUT2D eigenvalue weighted by molar-refractivity contribution is -0.132. The van der Waals surface area contributed by atoms with Crippen LogP contribution in [0.1, 0.15) is 6.42 Å². The largest absolute Gasteiger partial charge is 0.497 e. The Labute approximate surface area is 70.7 Å². The van der Waals surface area contributed by atoms with E-state index in [1.165, 1.54) is 13.2 Å². The minimum Gasteiger partial charge on any atom is -0.497 e. The van der Waals surface area contributed by atoms with E-state index in [-0.39, 0.29) is 0 Å². The van der Waals surface area contributed by atoms with Crippen LogP contribution in [0, 0.1) is 0 Å². The average Bonchev–Trinajstić information content (AvgIpc) is 2.28. The van der Waals surface area contributed by atoms with E-state index in [0.717, 1.165) is 0 Å². The predicted molar refractivity (Wildman–Crippen MR) is 44.6 cm³/mol. The zero-order valence-electron chi connectivity index (χ0n) is 6.78. The van der Waals surface area contributed by atoms with Gasteiger partial charge in [0.2, 0.25) is 0 Å². The summed E-state index contributed by atoms with van der Waals surface area (Å²) in [5.74, 6) is -0.328. The summed E-state index contributed by atoms with van der Waals surface area (Å²) in [6.07, 6.45) is 7.27.